The normalized spacial score (nSPS) is 16.0. The second-order valence-corrected chi connectivity index (χ2v) is 8.14. The third-order valence-corrected chi connectivity index (χ3v) is 5.71. The summed E-state index contributed by atoms with van der Waals surface area (Å²) in [6, 6.07) is 11.6. The Kier molecular flexibility index (Phi) is 8.03. The summed E-state index contributed by atoms with van der Waals surface area (Å²) < 4.78 is 34.1. The van der Waals surface area contributed by atoms with Gasteiger partial charge in [0, 0.05) is 31.1 Å². The molecule has 1 amide bonds. The van der Waals surface area contributed by atoms with Crippen molar-refractivity contribution in [3.63, 3.8) is 0 Å². The number of allylic oxidation sites excluding steroid dienone is 5. The maximum absolute atomic E-state index is 14.4. The van der Waals surface area contributed by atoms with E-state index in [1.54, 1.807) is 17.9 Å². The summed E-state index contributed by atoms with van der Waals surface area (Å²) in [5.41, 5.74) is 1.52. The molecule has 1 heterocycles. The standard InChI is InChI=1S/C26H30F2N2O2/c1-4-18(2)14-24(28)25(16-27)30-12-10-20(11-13-30)17-32-26-7-5-6-21-15-22(29-19(3)31)8-9-23(21)26/h4-9,14-15,20H,1,10-13,16-17H2,2-3H3,(H,29,31)/b18-14-,25-24-. The van der Waals surface area contributed by atoms with E-state index in [0.717, 1.165) is 35.1 Å². The first kappa shape index (κ1) is 23.5. The predicted molar refractivity (Wildman–Crippen MR) is 126 cm³/mol. The number of halogens is 2. The average molecular weight is 441 g/mol. The fourth-order valence-electron chi connectivity index (χ4n) is 3.88. The van der Waals surface area contributed by atoms with Gasteiger partial charge in [0.05, 0.1) is 12.3 Å². The highest BCUT2D eigenvalue weighted by molar-refractivity contribution is 5.95. The molecule has 2 aromatic rings. The molecule has 0 atom stereocenters. The number of rotatable bonds is 8. The molecule has 0 radical (unpaired) electrons. The lowest BCUT2D eigenvalue weighted by atomic mass is 9.97. The number of hydrogen-bond donors (Lipinski definition) is 1. The molecule has 0 unspecified atom stereocenters. The molecule has 32 heavy (non-hydrogen) atoms. The largest absolute Gasteiger partial charge is 0.493 e. The highest BCUT2D eigenvalue weighted by Gasteiger charge is 2.23. The minimum Gasteiger partial charge on any atom is -0.493 e. The molecule has 0 bridgehead atoms. The minimum absolute atomic E-state index is 0.106. The van der Waals surface area contributed by atoms with Crippen molar-refractivity contribution in [2.24, 2.45) is 5.92 Å². The monoisotopic (exact) mass is 440 g/mol. The van der Waals surface area contributed by atoms with Crippen LogP contribution in [0.25, 0.3) is 10.8 Å². The summed E-state index contributed by atoms with van der Waals surface area (Å²) in [6.07, 6.45) is 4.48. The molecule has 1 saturated heterocycles. The summed E-state index contributed by atoms with van der Waals surface area (Å²) >= 11 is 0. The lowest BCUT2D eigenvalue weighted by Gasteiger charge is -2.34. The lowest BCUT2D eigenvalue weighted by Crippen LogP contribution is -2.36. The van der Waals surface area contributed by atoms with E-state index in [0.29, 0.717) is 31.2 Å². The smallest absolute Gasteiger partial charge is 0.221 e. The first-order valence-electron chi connectivity index (χ1n) is 10.8. The van der Waals surface area contributed by atoms with Crippen molar-refractivity contribution < 1.29 is 18.3 Å². The van der Waals surface area contributed by atoms with Gasteiger partial charge in [0.15, 0.2) is 0 Å². The predicted octanol–water partition coefficient (Wildman–Crippen LogP) is 6.17. The molecule has 3 rings (SSSR count). The van der Waals surface area contributed by atoms with Gasteiger partial charge in [-0.3, -0.25) is 4.79 Å². The van der Waals surface area contributed by atoms with E-state index in [2.05, 4.69) is 11.9 Å². The van der Waals surface area contributed by atoms with Gasteiger partial charge in [-0.05, 0) is 67.0 Å². The zero-order valence-electron chi connectivity index (χ0n) is 18.7. The molecule has 170 valence electrons. The van der Waals surface area contributed by atoms with Crippen LogP contribution in [0.2, 0.25) is 0 Å². The van der Waals surface area contributed by atoms with Gasteiger partial charge in [0.1, 0.15) is 18.3 Å². The van der Waals surface area contributed by atoms with E-state index < -0.39 is 12.5 Å². The highest BCUT2D eigenvalue weighted by atomic mass is 19.1. The molecular weight excluding hydrogens is 410 g/mol. The van der Waals surface area contributed by atoms with Crippen LogP contribution in [-0.2, 0) is 4.79 Å². The fraction of sp³-hybridized carbons (Fsp3) is 0.346. The van der Waals surface area contributed by atoms with Gasteiger partial charge in [-0.2, -0.15) is 0 Å². The zero-order chi connectivity index (χ0) is 23.1. The number of carbonyl (C=O) groups is 1. The average Bonchev–Trinajstić information content (AvgIpc) is 2.78. The Bertz CT molecular complexity index is 1040. The summed E-state index contributed by atoms with van der Waals surface area (Å²) in [6.45, 7) is 7.73. The molecule has 0 aliphatic carbocycles. The quantitative estimate of drug-likeness (QED) is 0.499. The number of benzene rings is 2. The molecule has 1 fully saturated rings. The number of fused-ring (bicyclic) bond motifs is 1. The third kappa shape index (κ3) is 5.96. The Balaban J connectivity index is 1.61. The molecule has 0 spiro atoms. The van der Waals surface area contributed by atoms with Crippen LogP contribution in [0, 0.1) is 5.92 Å². The van der Waals surface area contributed by atoms with Crippen molar-refractivity contribution in [1.29, 1.82) is 0 Å². The second kappa shape index (κ2) is 10.9. The number of piperidine rings is 1. The van der Waals surface area contributed by atoms with Crippen LogP contribution in [0.4, 0.5) is 14.5 Å². The SMILES string of the molecule is C=C/C(C)=C\C(F)=C(/CF)N1CCC(COc2cccc3cc(NC(C)=O)ccc23)CC1. The summed E-state index contributed by atoms with van der Waals surface area (Å²) in [5.74, 6) is 0.462. The van der Waals surface area contributed by atoms with Gasteiger partial charge in [-0.1, -0.05) is 24.8 Å². The maximum atomic E-state index is 14.4. The number of nitrogens with one attached hydrogen (secondary N) is 1. The van der Waals surface area contributed by atoms with Gasteiger partial charge in [0.25, 0.3) is 0 Å². The van der Waals surface area contributed by atoms with Crippen molar-refractivity contribution in [2.45, 2.75) is 26.7 Å². The van der Waals surface area contributed by atoms with E-state index in [4.69, 9.17) is 4.74 Å². The topological polar surface area (TPSA) is 41.6 Å². The van der Waals surface area contributed by atoms with E-state index >= 15 is 0 Å². The molecule has 4 nitrogen and oxygen atoms in total. The van der Waals surface area contributed by atoms with Crippen LogP contribution in [0.5, 0.6) is 5.75 Å². The molecule has 0 aromatic heterocycles. The number of anilines is 1. The van der Waals surface area contributed by atoms with Crippen molar-refractivity contribution in [3.8, 4) is 5.75 Å². The molecule has 1 aliphatic heterocycles. The minimum atomic E-state index is -0.829. The molecule has 1 N–H and O–H groups in total. The fourth-order valence-corrected chi connectivity index (χ4v) is 3.88. The van der Waals surface area contributed by atoms with Gasteiger partial charge >= 0.3 is 0 Å². The van der Waals surface area contributed by atoms with Gasteiger partial charge in [-0.25, -0.2) is 8.78 Å². The Morgan fingerprint density at radius 2 is 2.00 bits per heavy atom. The van der Waals surface area contributed by atoms with E-state index in [9.17, 15) is 13.6 Å². The van der Waals surface area contributed by atoms with Crippen LogP contribution < -0.4 is 10.1 Å². The number of nitrogens with zero attached hydrogens (tertiary/aromatic N) is 1. The Labute approximate surface area is 188 Å². The van der Waals surface area contributed by atoms with Crippen molar-refractivity contribution in [1.82, 2.24) is 4.90 Å². The maximum Gasteiger partial charge on any atom is 0.221 e. The van der Waals surface area contributed by atoms with Gasteiger partial charge in [0.2, 0.25) is 5.91 Å². The summed E-state index contributed by atoms with van der Waals surface area (Å²) in [7, 11) is 0. The van der Waals surface area contributed by atoms with Crippen LogP contribution in [-0.4, -0.2) is 37.2 Å². The number of alkyl halides is 1. The third-order valence-electron chi connectivity index (χ3n) is 5.71. The molecule has 2 aromatic carbocycles. The van der Waals surface area contributed by atoms with Crippen LogP contribution in [0.1, 0.15) is 26.7 Å². The van der Waals surface area contributed by atoms with Crippen LogP contribution in [0.3, 0.4) is 0 Å². The number of amides is 1. The van der Waals surface area contributed by atoms with Crippen LogP contribution in [0.15, 0.2) is 72.2 Å². The van der Waals surface area contributed by atoms with Gasteiger partial charge < -0.3 is 15.0 Å². The van der Waals surface area contributed by atoms with Crippen molar-refractivity contribution in [2.75, 3.05) is 31.7 Å². The Morgan fingerprint density at radius 1 is 1.25 bits per heavy atom. The molecule has 6 heteroatoms. The Hall–Kier alpha value is -3.15. The molecule has 1 aliphatic rings. The van der Waals surface area contributed by atoms with Gasteiger partial charge in [-0.15, -0.1) is 0 Å². The highest BCUT2D eigenvalue weighted by Crippen LogP contribution is 2.30. The van der Waals surface area contributed by atoms with Crippen molar-refractivity contribution in [3.05, 3.63) is 72.2 Å². The number of carbonyl (C=O) groups excluding carboxylic acids is 1. The number of ether oxygens (including phenoxy) is 1. The van der Waals surface area contributed by atoms with Crippen molar-refractivity contribution >= 4 is 22.4 Å². The van der Waals surface area contributed by atoms with E-state index in [1.165, 1.54) is 13.0 Å². The Morgan fingerprint density at radius 3 is 2.66 bits per heavy atom. The summed E-state index contributed by atoms with van der Waals surface area (Å²) in [5, 5.41) is 4.76. The second-order valence-electron chi connectivity index (χ2n) is 8.14. The van der Waals surface area contributed by atoms with E-state index in [1.807, 2.05) is 36.4 Å². The number of hydrogen-bond acceptors (Lipinski definition) is 3. The number of likely N-dealkylation sites (tertiary alicyclic amines) is 1. The van der Waals surface area contributed by atoms with E-state index in [-0.39, 0.29) is 11.6 Å². The van der Waals surface area contributed by atoms with Crippen LogP contribution >= 0.6 is 0 Å². The first-order valence-corrected chi connectivity index (χ1v) is 10.8. The summed E-state index contributed by atoms with van der Waals surface area (Å²) in [4.78, 5) is 13.1. The lowest BCUT2D eigenvalue weighted by molar-refractivity contribution is -0.114. The molecular formula is C26H30F2N2O2. The zero-order valence-corrected chi connectivity index (χ0v) is 18.7. The molecule has 0 saturated carbocycles. The first-order chi connectivity index (χ1) is 15.4.